The Balaban J connectivity index is 0.000000980. The summed E-state index contributed by atoms with van der Waals surface area (Å²) in [4.78, 5) is 14.4. The average molecular weight is 215 g/mol. The zero-order valence-electron chi connectivity index (χ0n) is 6.94. The molecule has 2 heterocycles. The first-order valence-corrected chi connectivity index (χ1v) is 3.93. The normalized spacial score (nSPS) is 9.79. The third kappa shape index (κ3) is 1.55. The standard InChI is InChI=1S/C8H5ClN2O2.H2O/c9-6-2-1-3-7-10-5(8(12)13)4-11(6)7;/h1-4H,(H,12,13);1H2. The van der Waals surface area contributed by atoms with Crippen LogP contribution in [0.4, 0.5) is 0 Å². The molecule has 0 aromatic carbocycles. The van der Waals surface area contributed by atoms with Gasteiger partial charge in [0.1, 0.15) is 10.8 Å². The van der Waals surface area contributed by atoms with Gasteiger partial charge in [-0.05, 0) is 12.1 Å². The van der Waals surface area contributed by atoms with Gasteiger partial charge in [-0.2, -0.15) is 0 Å². The molecule has 0 atom stereocenters. The maximum absolute atomic E-state index is 10.6. The van der Waals surface area contributed by atoms with E-state index in [4.69, 9.17) is 16.7 Å². The van der Waals surface area contributed by atoms with Crippen molar-refractivity contribution < 1.29 is 15.4 Å². The fourth-order valence-electron chi connectivity index (χ4n) is 1.08. The van der Waals surface area contributed by atoms with Crippen molar-refractivity contribution >= 4 is 23.2 Å². The van der Waals surface area contributed by atoms with Gasteiger partial charge in [0.25, 0.3) is 0 Å². The summed E-state index contributed by atoms with van der Waals surface area (Å²) in [6.07, 6.45) is 1.39. The minimum atomic E-state index is -1.06. The molecule has 0 aliphatic rings. The molecule has 0 amide bonds. The zero-order valence-corrected chi connectivity index (χ0v) is 7.69. The number of pyridine rings is 1. The van der Waals surface area contributed by atoms with E-state index < -0.39 is 5.97 Å². The molecular weight excluding hydrogens is 208 g/mol. The molecule has 0 aliphatic carbocycles. The van der Waals surface area contributed by atoms with E-state index in [0.29, 0.717) is 10.8 Å². The van der Waals surface area contributed by atoms with Crippen molar-refractivity contribution in [3.8, 4) is 0 Å². The quantitative estimate of drug-likeness (QED) is 0.715. The first kappa shape index (κ1) is 10.5. The molecule has 74 valence electrons. The highest BCUT2D eigenvalue weighted by Gasteiger charge is 2.08. The molecule has 0 saturated carbocycles. The highest BCUT2D eigenvalue weighted by molar-refractivity contribution is 6.29. The second kappa shape index (κ2) is 3.65. The molecule has 0 radical (unpaired) electrons. The molecule has 5 nitrogen and oxygen atoms in total. The molecule has 0 bridgehead atoms. The van der Waals surface area contributed by atoms with Gasteiger partial charge in [0.2, 0.25) is 0 Å². The molecule has 3 N–H and O–H groups in total. The number of nitrogens with zero attached hydrogens (tertiary/aromatic N) is 2. The Morgan fingerprint density at radius 2 is 2.21 bits per heavy atom. The molecule has 2 aromatic heterocycles. The average Bonchev–Trinajstić information content (AvgIpc) is 2.49. The Morgan fingerprint density at radius 1 is 1.50 bits per heavy atom. The number of hydrogen-bond acceptors (Lipinski definition) is 2. The fourth-order valence-corrected chi connectivity index (χ4v) is 1.29. The maximum Gasteiger partial charge on any atom is 0.356 e. The number of rotatable bonds is 1. The Labute approximate surface area is 83.9 Å². The number of halogens is 1. The summed E-state index contributed by atoms with van der Waals surface area (Å²) in [5.41, 5.74) is 0.526. The maximum atomic E-state index is 10.6. The Hall–Kier alpha value is -1.59. The first-order valence-electron chi connectivity index (χ1n) is 3.55. The van der Waals surface area contributed by atoms with Crippen LogP contribution in [0.1, 0.15) is 10.5 Å². The van der Waals surface area contributed by atoms with Gasteiger partial charge in [0.15, 0.2) is 5.69 Å². The van der Waals surface area contributed by atoms with Crippen LogP contribution in [0, 0.1) is 0 Å². The lowest BCUT2D eigenvalue weighted by molar-refractivity contribution is 0.0691. The van der Waals surface area contributed by atoms with Crippen LogP contribution in [0.5, 0.6) is 0 Å². The molecule has 0 aliphatic heterocycles. The van der Waals surface area contributed by atoms with Crippen LogP contribution >= 0.6 is 11.6 Å². The third-order valence-electron chi connectivity index (χ3n) is 1.66. The van der Waals surface area contributed by atoms with Gasteiger partial charge in [-0.1, -0.05) is 17.7 Å². The number of fused-ring (bicyclic) bond motifs is 1. The van der Waals surface area contributed by atoms with Crippen molar-refractivity contribution in [3.63, 3.8) is 0 Å². The van der Waals surface area contributed by atoms with Crippen LogP contribution in [-0.4, -0.2) is 25.9 Å². The second-order valence-corrected chi connectivity index (χ2v) is 2.90. The molecule has 14 heavy (non-hydrogen) atoms. The molecular formula is C8H7ClN2O3. The number of imidazole rings is 1. The van der Waals surface area contributed by atoms with E-state index in [1.165, 1.54) is 10.6 Å². The van der Waals surface area contributed by atoms with Gasteiger partial charge >= 0.3 is 5.97 Å². The van der Waals surface area contributed by atoms with E-state index >= 15 is 0 Å². The van der Waals surface area contributed by atoms with Gasteiger partial charge in [-0.15, -0.1) is 0 Å². The van der Waals surface area contributed by atoms with Gasteiger partial charge in [0, 0.05) is 6.20 Å². The van der Waals surface area contributed by atoms with Crippen LogP contribution in [0.15, 0.2) is 24.4 Å². The molecule has 6 heteroatoms. The number of aromatic nitrogens is 2. The van der Waals surface area contributed by atoms with Gasteiger partial charge < -0.3 is 10.6 Å². The van der Waals surface area contributed by atoms with Gasteiger partial charge in [-0.25, -0.2) is 9.78 Å². The Morgan fingerprint density at radius 3 is 2.79 bits per heavy atom. The number of carbonyl (C=O) groups is 1. The Kier molecular flexibility index (Phi) is 2.73. The molecule has 0 saturated heterocycles. The summed E-state index contributed by atoms with van der Waals surface area (Å²) in [6, 6.07) is 5.08. The predicted octanol–water partition coefficient (Wildman–Crippen LogP) is 0.861. The van der Waals surface area contributed by atoms with E-state index in [1.54, 1.807) is 18.2 Å². The number of aromatic carboxylic acids is 1. The van der Waals surface area contributed by atoms with E-state index in [9.17, 15) is 4.79 Å². The van der Waals surface area contributed by atoms with Crippen molar-refractivity contribution in [2.75, 3.05) is 0 Å². The summed E-state index contributed by atoms with van der Waals surface area (Å²) in [5.74, 6) is -1.06. The van der Waals surface area contributed by atoms with E-state index in [2.05, 4.69) is 4.98 Å². The van der Waals surface area contributed by atoms with Gasteiger partial charge in [-0.3, -0.25) is 4.40 Å². The third-order valence-corrected chi connectivity index (χ3v) is 1.97. The van der Waals surface area contributed by atoms with E-state index in [0.717, 1.165) is 0 Å². The lowest BCUT2D eigenvalue weighted by atomic mass is 10.5. The first-order chi connectivity index (χ1) is 6.18. The summed E-state index contributed by atoms with van der Waals surface area (Å²) in [7, 11) is 0. The molecule has 0 fully saturated rings. The smallest absolute Gasteiger partial charge is 0.356 e. The van der Waals surface area contributed by atoms with Crippen molar-refractivity contribution in [3.05, 3.63) is 35.2 Å². The summed E-state index contributed by atoms with van der Waals surface area (Å²) < 4.78 is 1.52. The van der Waals surface area contributed by atoms with E-state index in [-0.39, 0.29) is 11.2 Å². The minimum absolute atomic E-state index is 0. The fraction of sp³-hybridized carbons (Fsp3) is 0. The monoisotopic (exact) mass is 214 g/mol. The van der Waals surface area contributed by atoms with Crippen LogP contribution < -0.4 is 0 Å². The molecule has 2 aromatic rings. The van der Waals surface area contributed by atoms with E-state index in [1.807, 2.05) is 0 Å². The lowest BCUT2D eigenvalue weighted by Gasteiger charge is -1.93. The highest BCUT2D eigenvalue weighted by Crippen LogP contribution is 2.13. The second-order valence-electron chi connectivity index (χ2n) is 2.51. The largest absolute Gasteiger partial charge is 0.476 e. The molecule has 0 unspecified atom stereocenters. The zero-order chi connectivity index (χ0) is 9.42. The lowest BCUT2D eigenvalue weighted by Crippen LogP contribution is -1.94. The van der Waals surface area contributed by atoms with Gasteiger partial charge in [0.05, 0.1) is 0 Å². The molecule has 0 spiro atoms. The van der Waals surface area contributed by atoms with Crippen LogP contribution in [0.2, 0.25) is 5.15 Å². The van der Waals surface area contributed by atoms with Crippen molar-refractivity contribution in [1.29, 1.82) is 0 Å². The van der Waals surface area contributed by atoms with Crippen LogP contribution in [0.3, 0.4) is 0 Å². The van der Waals surface area contributed by atoms with Crippen molar-refractivity contribution in [2.45, 2.75) is 0 Å². The highest BCUT2D eigenvalue weighted by atomic mass is 35.5. The van der Waals surface area contributed by atoms with Crippen molar-refractivity contribution in [2.24, 2.45) is 0 Å². The number of carboxylic acids is 1. The summed E-state index contributed by atoms with van der Waals surface area (Å²) in [6.45, 7) is 0. The summed E-state index contributed by atoms with van der Waals surface area (Å²) >= 11 is 5.81. The minimum Gasteiger partial charge on any atom is -0.476 e. The van der Waals surface area contributed by atoms with Crippen molar-refractivity contribution in [1.82, 2.24) is 9.38 Å². The SMILES string of the molecule is O.O=C(O)c1cn2c(Cl)cccc2n1. The summed E-state index contributed by atoms with van der Waals surface area (Å²) in [5, 5.41) is 9.10. The van der Waals surface area contributed by atoms with Crippen LogP contribution in [-0.2, 0) is 0 Å². The predicted molar refractivity (Wildman–Crippen MR) is 50.8 cm³/mol. The molecule has 2 rings (SSSR count). The van der Waals surface area contributed by atoms with Crippen LogP contribution in [0.25, 0.3) is 5.65 Å². The Bertz CT molecular complexity index is 480. The number of hydrogen-bond donors (Lipinski definition) is 1. The number of carboxylic acid groups (broad SMARTS) is 1. The topological polar surface area (TPSA) is 86.1 Å².